The molecular weight excluding hydrogens is 363 g/mol. The molecule has 1 unspecified atom stereocenters. The van der Waals surface area contributed by atoms with E-state index in [1.165, 1.54) is 13.2 Å². The van der Waals surface area contributed by atoms with Crippen LogP contribution in [0.1, 0.15) is 26.0 Å². The van der Waals surface area contributed by atoms with E-state index in [9.17, 15) is 9.50 Å². The van der Waals surface area contributed by atoms with E-state index in [-0.39, 0.29) is 11.9 Å². The summed E-state index contributed by atoms with van der Waals surface area (Å²) in [5.41, 5.74) is 0.830. The van der Waals surface area contributed by atoms with Crippen LogP contribution in [0.4, 0.5) is 10.2 Å². The molecule has 3 N–H and O–H groups in total. The third-order valence-corrected chi connectivity index (χ3v) is 4.77. The molecule has 0 radical (unpaired) electrons. The van der Waals surface area contributed by atoms with Gasteiger partial charge in [-0.15, -0.1) is 0 Å². The summed E-state index contributed by atoms with van der Waals surface area (Å²) in [6.45, 7) is 4.94. The van der Waals surface area contributed by atoms with Crippen molar-refractivity contribution in [3.05, 3.63) is 35.9 Å². The molecule has 0 spiro atoms. The van der Waals surface area contributed by atoms with Crippen molar-refractivity contribution in [3.8, 4) is 17.1 Å². The molecule has 8 nitrogen and oxygen atoms in total. The van der Waals surface area contributed by atoms with Crippen molar-refractivity contribution >= 4 is 11.5 Å². The number of methoxy groups -OCH3 is 1. The molecule has 1 saturated heterocycles. The third kappa shape index (κ3) is 3.38. The summed E-state index contributed by atoms with van der Waals surface area (Å²) in [7, 11) is 1.52. The van der Waals surface area contributed by atoms with Gasteiger partial charge in [-0.1, -0.05) is 0 Å². The number of nitrogens with zero attached hydrogens (tertiary/aromatic N) is 4. The van der Waals surface area contributed by atoms with E-state index in [0.717, 1.165) is 19.5 Å². The molecule has 4 rings (SSSR count). The monoisotopic (exact) mass is 386 g/mol. The van der Waals surface area contributed by atoms with Crippen LogP contribution in [-0.2, 0) is 5.60 Å². The molecule has 0 aromatic carbocycles. The lowest BCUT2D eigenvalue weighted by molar-refractivity contribution is 0.0694. The number of aliphatic hydroxyl groups is 1. The van der Waals surface area contributed by atoms with Gasteiger partial charge < -0.3 is 20.5 Å². The van der Waals surface area contributed by atoms with Crippen LogP contribution < -0.4 is 15.4 Å². The lowest BCUT2D eigenvalue weighted by Gasteiger charge is -2.19. The fourth-order valence-electron chi connectivity index (χ4n) is 3.31. The normalized spacial score (nSPS) is 17.2. The Labute approximate surface area is 161 Å². The van der Waals surface area contributed by atoms with Gasteiger partial charge in [0.15, 0.2) is 17.3 Å². The van der Waals surface area contributed by atoms with E-state index < -0.39 is 11.4 Å². The van der Waals surface area contributed by atoms with Gasteiger partial charge in [-0.25, -0.2) is 18.9 Å². The Morgan fingerprint density at radius 1 is 1.39 bits per heavy atom. The minimum Gasteiger partial charge on any atom is -0.495 e. The molecule has 3 aromatic heterocycles. The van der Waals surface area contributed by atoms with Gasteiger partial charge in [0.2, 0.25) is 0 Å². The number of fused-ring (bicyclic) bond motifs is 1. The second-order valence-corrected chi connectivity index (χ2v) is 7.39. The first kappa shape index (κ1) is 18.6. The molecular formula is C19H23FN6O2. The van der Waals surface area contributed by atoms with E-state index in [1.807, 2.05) is 0 Å². The van der Waals surface area contributed by atoms with Crippen molar-refractivity contribution in [3.63, 3.8) is 0 Å². The molecule has 1 fully saturated rings. The highest BCUT2D eigenvalue weighted by Crippen LogP contribution is 2.30. The molecule has 0 amide bonds. The average Bonchev–Trinajstić information content (AvgIpc) is 3.31. The molecule has 148 valence electrons. The van der Waals surface area contributed by atoms with Crippen LogP contribution in [0, 0.1) is 5.82 Å². The number of anilines is 1. The van der Waals surface area contributed by atoms with Crippen LogP contribution in [-0.4, -0.2) is 50.9 Å². The Bertz CT molecular complexity index is 1010. The predicted molar refractivity (Wildman–Crippen MR) is 103 cm³/mol. The van der Waals surface area contributed by atoms with Gasteiger partial charge in [0.1, 0.15) is 22.7 Å². The Morgan fingerprint density at radius 2 is 2.21 bits per heavy atom. The molecule has 1 atom stereocenters. The second-order valence-electron chi connectivity index (χ2n) is 7.39. The molecule has 0 saturated carbocycles. The Kier molecular flexibility index (Phi) is 4.64. The quantitative estimate of drug-likeness (QED) is 0.617. The highest BCUT2D eigenvalue weighted by molar-refractivity contribution is 5.62. The van der Waals surface area contributed by atoms with Gasteiger partial charge in [0.05, 0.1) is 19.0 Å². The predicted octanol–water partition coefficient (Wildman–Crippen LogP) is 1.94. The number of hydrogen-bond acceptors (Lipinski definition) is 7. The van der Waals surface area contributed by atoms with Crippen LogP contribution in [0.25, 0.3) is 17.0 Å². The smallest absolute Gasteiger partial charge is 0.165 e. The minimum absolute atomic E-state index is 0.142. The van der Waals surface area contributed by atoms with Gasteiger partial charge in [-0.05, 0) is 38.9 Å². The number of hydrogen-bond donors (Lipinski definition) is 3. The minimum atomic E-state index is -1.21. The first-order chi connectivity index (χ1) is 13.4. The third-order valence-electron chi connectivity index (χ3n) is 4.77. The van der Waals surface area contributed by atoms with Crippen LogP contribution in [0.5, 0.6) is 5.75 Å². The zero-order valence-corrected chi connectivity index (χ0v) is 16.0. The maximum Gasteiger partial charge on any atom is 0.165 e. The van der Waals surface area contributed by atoms with Crippen LogP contribution in [0.2, 0.25) is 0 Å². The lowest BCUT2D eigenvalue weighted by Crippen LogP contribution is -2.23. The van der Waals surface area contributed by atoms with E-state index >= 15 is 0 Å². The summed E-state index contributed by atoms with van der Waals surface area (Å²) >= 11 is 0. The summed E-state index contributed by atoms with van der Waals surface area (Å²) in [5.74, 6) is 0.244. The number of imidazole rings is 1. The molecule has 9 heteroatoms. The topological polar surface area (TPSA) is 96.6 Å². The Hall–Kier alpha value is -2.78. The Morgan fingerprint density at radius 3 is 2.89 bits per heavy atom. The van der Waals surface area contributed by atoms with E-state index in [2.05, 4.69) is 25.7 Å². The highest BCUT2D eigenvalue weighted by atomic mass is 19.1. The summed E-state index contributed by atoms with van der Waals surface area (Å²) in [6.07, 6.45) is 2.54. The maximum atomic E-state index is 14.3. The Balaban J connectivity index is 1.78. The number of rotatable bonds is 5. The van der Waals surface area contributed by atoms with E-state index in [4.69, 9.17) is 4.74 Å². The van der Waals surface area contributed by atoms with Crippen LogP contribution >= 0.6 is 0 Å². The lowest BCUT2D eigenvalue weighted by atomic mass is 10.0. The second kappa shape index (κ2) is 6.99. The van der Waals surface area contributed by atoms with E-state index in [1.54, 1.807) is 36.7 Å². The van der Waals surface area contributed by atoms with Gasteiger partial charge in [-0.3, -0.25) is 0 Å². The number of aromatic nitrogens is 4. The van der Waals surface area contributed by atoms with Crippen LogP contribution in [0.15, 0.2) is 24.4 Å². The largest absolute Gasteiger partial charge is 0.495 e. The van der Waals surface area contributed by atoms with E-state index in [0.29, 0.717) is 28.5 Å². The molecule has 0 aliphatic carbocycles. The molecule has 28 heavy (non-hydrogen) atoms. The number of halogens is 1. The van der Waals surface area contributed by atoms with Gasteiger partial charge in [-0.2, -0.15) is 5.10 Å². The molecule has 1 aliphatic heterocycles. The highest BCUT2D eigenvalue weighted by Gasteiger charge is 2.25. The summed E-state index contributed by atoms with van der Waals surface area (Å²) in [4.78, 5) is 8.81. The van der Waals surface area contributed by atoms with Gasteiger partial charge >= 0.3 is 0 Å². The first-order valence-corrected chi connectivity index (χ1v) is 9.16. The SMILES string of the molecule is COc1cc2ncc(-c3ccc(F)c(NC4CCNC4)n3)n2nc1C(C)(C)O. The zero-order chi connectivity index (χ0) is 19.9. The van der Waals surface area contributed by atoms with Gasteiger partial charge in [0, 0.05) is 18.7 Å². The maximum absolute atomic E-state index is 14.3. The van der Waals surface area contributed by atoms with Crippen molar-refractivity contribution in [2.75, 3.05) is 25.5 Å². The summed E-state index contributed by atoms with van der Waals surface area (Å²) < 4.78 is 21.2. The average molecular weight is 386 g/mol. The van der Waals surface area contributed by atoms with Crippen molar-refractivity contribution in [2.24, 2.45) is 0 Å². The molecule has 1 aliphatic rings. The van der Waals surface area contributed by atoms with Crippen molar-refractivity contribution in [1.29, 1.82) is 0 Å². The number of pyridine rings is 1. The fraction of sp³-hybridized carbons (Fsp3) is 0.421. The summed E-state index contributed by atoms with van der Waals surface area (Å²) in [5, 5.41) is 21.4. The standard InChI is InChI=1S/C19H23FN6O2/c1-19(2,27)17-15(28-3)8-16-22-10-14(26(16)25-17)13-5-4-12(20)18(24-13)23-11-6-7-21-9-11/h4-5,8,10-11,21,27H,6-7,9H2,1-3H3,(H,23,24). The first-order valence-electron chi connectivity index (χ1n) is 9.16. The van der Waals surface area contributed by atoms with Crippen LogP contribution in [0.3, 0.4) is 0 Å². The fourth-order valence-corrected chi connectivity index (χ4v) is 3.31. The summed E-state index contributed by atoms with van der Waals surface area (Å²) in [6, 6.07) is 4.82. The van der Waals surface area contributed by atoms with Crippen molar-refractivity contribution < 1.29 is 14.2 Å². The number of ether oxygens (including phenoxy) is 1. The molecule has 0 bridgehead atoms. The number of nitrogens with one attached hydrogen (secondary N) is 2. The molecule has 3 aromatic rings. The van der Waals surface area contributed by atoms with Crippen molar-refractivity contribution in [2.45, 2.75) is 31.9 Å². The zero-order valence-electron chi connectivity index (χ0n) is 16.0. The van der Waals surface area contributed by atoms with Gasteiger partial charge in [0.25, 0.3) is 0 Å². The molecule has 4 heterocycles. The van der Waals surface area contributed by atoms with Crippen molar-refractivity contribution in [1.82, 2.24) is 24.9 Å².